The summed E-state index contributed by atoms with van der Waals surface area (Å²) in [6.45, 7) is -0.0870. The number of rotatable bonds is 5. The molecule has 1 aliphatic rings. The fourth-order valence-corrected chi connectivity index (χ4v) is 3.02. The van der Waals surface area contributed by atoms with Gasteiger partial charge < -0.3 is 29.2 Å². The molecule has 0 saturated heterocycles. The molecule has 2 aromatic rings. The molecule has 0 amide bonds. The monoisotopic (exact) mass is 332 g/mol. The summed E-state index contributed by atoms with van der Waals surface area (Å²) in [7, 11) is 4.61. The van der Waals surface area contributed by atoms with Gasteiger partial charge >= 0.3 is 0 Å². The molecule has 2 aromatic carbocycles. The lowest BCUT2D eigenvalue weighted by atomic mass is 9.91. The zero-order chi connectivity index (χ0) is 17.3. The SMILES string of the molecule is COc1cc([C@H]2Oc3cc(OC)c(OC)cc3[C@@H]2CO)ccc1O. The van der Waals surface area contributed by atoms with E-state index in [4.69, 9.17) is 18.9 Å². The Kier molecular flexibility index (Phi) is 4.40. The summed E-state index contributed by atoms with van der Waals surface area (Å²) < 4.78 is 21.8. The minimum Gasteiger partial charge on any atom is -0.504 e. The quantitative estimate of drug-likeness (QED) is 0.876. The second-order valence-corrected chi connectivity index (χ2v) is 5.50. The van der Waals surface area contributed by atoms with E-state index >= 15 is 0 Å². The van der Waals surface area contributed by atoms with Crippen LogP contribution in [0.2, 0.25) is 0 Å². The standard InChI is InChI=1S/C18H20O6/c1-21-15-6-10(4-5-13(15)20)18-12(9-19)11-7-16(22-2)17(23-3)8-14(11)24-18/h4-8,12,18-20H,9H2,1-3H3/t12-,18+/m0/s1. The number of phenolic OH excluding ortho intramolecular Hbond substituents is 1. The lowest BCUT2D eigenvalue weighted by Gasteiger charge is -2.18. The normalized spacial score (nSPS) is 18.7. The summed E-state index contributed by atoms with van der Waals surface area (Å²) >= 11 is 0. The molecule has 6 heteroatoms. The third-order valence-electron chi connectivity index (χ3n) is 4.26. The molecule has 0 aromatic heterocycles. The van der Waals surface area contributed by atoms with E-state index in [1.165, 1.54) is 7.11 Å². The Morgan fingerprint density at radius 1 is 0.958 bits per heavy atom. The Labute approximate surface area is 140 Å². The van der Waals surface area contributed by atoms with Crippen LogP contribution >= 0.6 is 0 Å². The third kappa shape index (κ3) is 2.59. The smallest absolute Gasteiger partial charge is 0.164 e. The number of aliphatic hydroxyl groups is 1. The summed E-state index contributed by atoms with van der Waals surface area (Å²) in [6, 6.07) is 8.60. The predicted molar refractivity (Wildman–Crippen MR) is 87.4 cm³/mol. The van der Waals surface area contributed by atoms with Gasteiger partial charge in [0.05, 0.1) is 33.9 Å². The molecule has 0 radical (unpaired) electrons. The van der Waals surface area contributed by atoms with Crippen molar-refractivity contribution < 1.29 is 29.2 Å². The highest BCUT2D eigenvalue weighted by molar-refractivity contribution is 5.55. The van der Waals surface area contributed by atoms with E-state index in [-0.39, 0.29) is 18.3 Å². The first-order chi connectivity index (χ1) is 11.6. The topological polar surface area (TPSA) is 77.4 Å². The van der Waals surface area contributed by atoms with Gasteiger partial charge in [-0.05, 0) is 23.8 Å². The maximum Gasteiger partial charge on any atom is 0.164 e. The number of hydrogen-bond acceptors (Lipinski definition) is 6. The van der Waals surface area contributed by atoms with E-state index in [1.807, 2.05) is 6.07 Å². The van der Waals surface area contributed by atoms with Crippen LogP contribution in [-0.2, 0) is 0 Å². The van der Waals surface area contributed by atoms with Gasteiger partial charge in [0, 0.05) is 11.6 Å². The number of aromatic hydroxyl groups is 1. The van der Waals surface area contributed by atoms with Gasteiger partial charge in [0.1, 0.15) is 11.9 Å². The Bertz CT molecular complexity index is 743. The fourth-order valence-electron chi connectivity index (χ4n) is 3.02. The van der Waals surface area contributed by atoms with Gasteiger partial charge in [-0.25, -0.2) is 0 Å². The first-order valence-electron chi connectivity index (χ1n) is 7.53. The molecule has 1 aliphatic heterocycles. The minimum absolute atomic E-state index is 0.0562. The number of aliphatic hydroxyl groups excluding tert-OH is 1. The van der Waals surface area contributed by atoms with Crippen molar-refractivity contribution in [3.05, 3.63) is 41.5 Å². The number of fused-ring (bicyclic) bond motifs is 1. The van der Waals surface area contributed by atoms with Crippen LogP contribution in [0.1, 0.15) is 23.1 Å². The minimum atomic E-state index is -0.392. The highest BCUT2D eigenvalue weighted by atomic mass is 16.5. The molecule has 0 bridgehead atoms. The molecule has 2 atom stereocenters. The zero-order valence-electron chi connectivity index (χ0n) is 13.8. The number of ether oxygens (including phenoxy) is 4. The lowest BCUT2D eigenvalue weighted by Crippen LogP contribution is -2.13. The average Bonchev–Trinajstić information content (AvgIpc) is 2.98. The molecule has 1 heterocycles. The van der Waals surface area contributed by atoms with Gasteiger partial charge in [-0.15, -0.1) is 0 Å². The van der Waals surface area contributed by atoms with Crippen LogP contribution in [0.25, 0.3) is 0 Å². The van der Waals surface area contributed by atoms with Gasteiger partial charge in [0.15, 0.2) is 23.0 Å². The third-order valence-corrected chi connectivity index (χ3v) is 4.26. The van der Waals surface area contributed by atoms with E-state index in [2.05, 4.69) is 0 Å². The molecular weight excluding hydrogens is 312 g/mol. The maximum atomic E-state index is 9.88. The second-order valence-electron chi connectivity index (χ2n) is 5.50. The summed E-state index contributed by atoms with van der Waals surface area (Å²) in [4.78, 5) is 0. The summed E-state index contributed by atoms with van der Waals surface area (Å²) in [5.74, 6) is 1.96. The molecule has 0 unspecified atom stereocenters. The number of methoxy groups -OCH3 is 3. The molecule has 2 N–H and O–H groups in total. The van der Waals surface area contributed by atoms with E-state index in [0.29, 0.717) is 23.0 Å². The van der Waals surface area contributed by atoms with Gasteiger partial charge in [-0.1, -0.05) is 6.07 Å². The second kappa shape index (κ2) is 6.49. The maximum absolute atomic E-state index is 9.88. The van der Waals surface area contributed by atoms with E-state index < -0.39 is 6.10 Å². The Balaban J connectivity index is 2.02. The van der Waals surface area contributed by atoms with Crippen LogP contribution in [0.15, 0.2) is 30.3 Å². The fraction of sp³-hybridized carbons (Fsp3) is 0.333. The van der Waals surface area contributed by atoms with Crippen LogP contribution in [0.3, 0.4) is 0 Å². The molecule has 3 rings (SSSR count). The zero-order valence-corrected chi connectivity index (χ0v) is 13.8. The van der Waals surface area contributed by atoms with Gasteiger partial charge in [-0.3, -0.25) is 0 Å². The van der Waals surface area contributed by atoms with E-state index in [0.717, 1.165) is 11.1 Å². The summed E-state index contributed by atoms with van der Waals surface area (Å²) in [5, 5.41) is 19.6. The molecule has 6 nitrogen and oxygen atoms in total. The first-order valence-corrected chi connectivity index (χ1v) is 7.53. The summed E-state index contributed by atoms with van der Waals surface area (Å²) in [6.07, 6.45) is -0.392. The van der Waals surface area contributed by atoms with Crippen LogP contribution in [0, 0.1) is 0 Å². The Morgan fingerprint density at radius 3 is 2.25 bits per heavy atom. The number of hydrogen-bond donors (Lipinski definition) is 2. The largest absolute Gasteiger partial charge is 0.504 e. The molecule has 0 fully saturated rings. The van der Waals surface area contributed by atoms with Crippen LogP contribution in [0.5, 0.6) is 28.7 Å². The van der Waals surface area contributed by atoms with Crippen LogP contribution in [-0.4, -0.2) is 38.1 Å². The molecule has 0 saturated carbocycles. The molecular formula is C18H20O6. The molecule has 128 valence electrons. The average molecular weight is 332 g/mol. The first kappa shape index (κ1) is 16.3. The van der Waals surface area contributed by atoms with Crippen molar-refractivity contribution in [3.63, 3.8) is 0 Å². The van der Waals surface area contributed by atoms with Crippen LogP contribution in [0.4, 0.5) is 0 Å². The van der Waals surface area contributed by atoms with Crippen molar-refractivity contribution in [3.8, 4) is 28.7 Å². The summed E-state index contributed by atoms with van der Waals surface area (Å²) in [5.41, 5.74) is 1.66. The molecule has 0 aliphatic carbocycles. The van der Waals surface area contributed by atoms with Crippen molar-refractivity contribution in [2.45, 2.75) is 12.0 Å². The van der Waals surface area contributed by atoms with Gasteiger partial charge in [0.25, 0.3) is 0 Å². The molecule has 0 spiro atoms. The van der Waals surface area contributed by atoms with Crippen molar-refractivity contribution in [1.82, 2.24) is 0 Å². The molecule has 24 heavy (non-hydrogen) atoms. The van der Waals surface area contributed by atoms with Crippen molar-refractivity contribution in [2.75, 3.05) is 27.9 Å². The van der Waals surface area contributed by atoms with Crippen LogP contribution < -0.4 is 18.9 Å². The van der Waals surface area contributed by atoms with E-state index in [1.54, 1.807) is 38.5 Å². The lowest BCUT2D eigenvalue weighted by molar-refractivity contribution is 0.159. The Hall–Kier alpha value is -2.60. The van der Waals surface area contributed by atoms with E-state index in [9.17, 15) is 10.2 Å². The number of benzene rings is 2. The number of phenols is 1. The van der Waals surface area contributed by atoms with Crippen molar-refractivity contribution >= 4 is 0 Å². The van der Waals surface area contributed by atoms with Gasteiger partial charge in [-0.2, -0.15) is 0 Å². The Morgan fingerprint density at radius 2 is 1.62 bits per heavy atom. The highest BCUT2D eigenvalue weighted by Crippen LogP contribution is 2.50. The van der Waals surface area contributed by atoms with Gasteiger partial charge in [0.2, 0.25) is 0 Å². The van der Waals surface area contributed by atoms with Crippen molar-refractivity contribution in [2.24, 2.45) is 0 Å². The highest BCUT2D eigenvalue weighted by Gasteiger charge is 2.36. The predicted octanol–water partition coefficient (Wildman–Crippen LogP) is 2.63. The van der Waals surface area contributed by atoms with Crippen molar-refractivity contribution in [1.29, 1.82) is 0 Å².